The second-order valence-electron chi connectivity index (χ2n) is 4.93. The van der Waals surface area contributed by atoms with Gasteiger partial charge in [-0.2, -0.15) is 0 Å². The summed E-state index contributed by atoms with van der Waals surface area (Å²) in [5, 5.41) is 0. The van der Waals surface area contributed by atoms with Crippen molar-refractivity contribution in [3.05, 3.63) is 65.7 Å². The summed E-state index contributed by atoms with van der Waals surface area (Å²) < 4.78 is 5.80. The van der Waals surface area contributed by atoms with E-state index < -0.39 is 0 Å². The highest BCUT2D eigenvalue weighted by atomic mass is 32.1. The summed E-state index contributed by atoms with van der Waals surface area (Å²) in [7, 11) is 2.08. The molecule has 0 aromatic heterocycles. The summed E-state index contributed by atoms with van der Waals surface area (Å²) in [5.74, 6) is 0.748. The zero-order chi connectivity index (χ0) is 15.1. The van der Waals surface area contributed by atoms with Crippen molar-refractivity contribution in [3.63, 3.8) is 0 Å². The average molecular weight is 300 g/mol. The van der Waals surface area contributed by atoms with E-state index in [0.29, 0.717) is 11.6 Å². The first-order valence-corrected chi connectivity index (χ1v) is 7.32. The van der Waals surface area contributed by atoms with Crippen LogP contribution in [-0.2, 0) is 6.54 Å². The third-order valence-corrected chi connectivity index (χ3v) is 3.40. The van der Waals surface area contributed by atoms with Crippen LogP contribution >= 0.6 is 12.2 Å². The SMILES string of the molecule is CN(CCOc1ccccc1C(N)=S)Cc1ccccc1. The first-order chi connectivity index (χ1) is 10.2. The molecule has 2 rings (SSSR count). The summed E-state index contributed by atoms with van der Waals surface area (Å²) in [4.78, 5) is 2.59. The average Bonchev–Trinajstić information content (AvgIpc) is 2.48. The lowest BCUT2D eigenvalue weighted by Gasteiger charge is -2.18. The molecular formula is C17H20N2OS. The van der Waals surface area contributed by atoms with Gasteiger partial charge >= 0.3 is 0 Å². The largest absolute Gasteiger partial charge is 0.492 e. The Morgan fingerprint density at radius 1 is 1.10 bits per heavy atom. The molecule has 0 amide bonds. The van der Waals surface area contributed by atoms with Gasteiger partial charge in [-0.1, -0.05) is 54.7 Å². The van der Waals surface area contributed by atoms with Gasteiger partial charge in [0.15, 0.2) is 0 Å². The minimum atomic E-state index is 0.364. The lowest BCUT2D eigenvalue weighted by Crippen LogP contribution is -2.24. The number of likely N-dealkylation sites (N-methyl/N-ethyl adjacent to an activating group) is 1. The molecule has 4 heteroatoms. The van der Waals surface area contributed by atoms with Crippen LogP contribution in [0, 0.1) is 0 Å². The van der Waals surface area contributed by atoms with Gasteiger partial charge in [-0.15, -0.1) is 0 Å². The molecule has 3 nitrogen and oxygen atoms in total. The molecule has 2 aromatic carbocycles. The second kappa shape index (κ2) is 7.76. The minimum Gasteiger partial charge on any atom is -0.492 e. The predicted molar refractivity (Wildman–Crippen MR) is 90.6 cm³/mol. The molecule has 0 saturated heterocycles. The predicted octanol–water partition coefficient (Wildman–Crippen LogP) is 2.83. The Balaban J connectivity index is 1.83. The number of rotatable bonds is 7. The number of para-hydroxylation sites is 1. The number of thiocarbonyl (C=S) groups is 1. The molecule has 0 aliphatic heterocycles. The molecule has 2 aromatic rings. The maximum atomic E-state index is 5.80. The number of hydrogen-bond acceptors (Lipinski definition) is 3. The van der Waals surface area contributed by atoms with Crippen molar-refractivity contribution in [2.75, 3.05) is 20.2 Å². The Morgan fingerprint density at radius 3 is 2.48 bits per heavy atom. The van der Waals surface area contributed by atoms with Gasteiger partial charge in [-0.3, -0.25) is 4.90 Å². The third kappa shape index (κ3) is 4.85. The van der Waals surface area contributed by atoms with E-state index in [1.165, 1.54) is 5.56 Å². The molecule has 0 radical (unpaired) electrons. The van der Waals surface area contributed by atoms with Crippen LogP contribution in [0.3, 0.4) is 0 Å². The topological polar surface area (TPSA) is 38.5 Å². The fraction of sp³-hybridized carbons (Fsp3) is 0.235. The normalized spacial score (nSPS) is 10.6. The number of nitrogens with zero attached hydrogens (tertiary/aromatic N) is 1. The highest BCUT2D eigenvalue weighted by Crippen LogP contribution is 2.17. The maximum absolute atomic E-state index is 5.80. The van der Waals surface area contributed by atoms with Crippen LogP contribution in [0.5, 0.6) is 5.75 Å². The van der Waals surface area contributed by atoms with E-state index in [0.717, 1.165) is 24.4 Å². The fourth-order valence-corrected chi connectivity index (χ4v) is 2.25. The molecule has 0 fully saturated rings. The molecule has 0 atom stereocenters. The van der Waals surface area contributed by atoms with Crippen LogP contribution < -0.4 is 10.5 Å². The Labute approximate surface area is 131 Å². The quantitative estimate of drug-likeness (QED) is 0.798. The van der Waals surface area contributed by atoms with Gasteiger partial charge in [0.2, 0.25) is 0 Å². The molecule has 21 heavy (non-hydrogen) atoms. The molecule has 110 valence electrons. The molecule has 2 N–H and O–H groups in total. The summed E-state index contributed by atoms with van der Waals surface area (Å²) in [6, 6.07) is 18.0. The molecule has 0 saturated carbocycles. The number of ether oxygens (including phenoxy) is 1. The monoisotopic (exact) mass is 300 g/mol. The molecule has 0 unspecified atom stereocenters. The van der Waals surface area contributed by atoms with Crippen molar-refractivity contribution in [3.8, 4) is 5.75 Å². The van der Waals surface area contributed by atoms with Crippen LogP contribution in [-0.4, -0.2) is 30.1 Å². The number of nitrogens with two attached hydrogens (primary N) is 1. The van der Waals surface area contributed by atoms with Crippen LogP contribution in [0.4, 0.5) is 0 Å². The molecule has 0 aliphatic rings. The van der Waals surface area contributed by atoms with Gasteiger partial charge in [-0.05, 0) is 24.7 Å². The Bertz CT molecular complexity index is 586. The van der Waals surface area contributed by atoms with Gasteiger partial charge in [-0.25, -0.2) is 0 Å². The number of benzene rings is 2. The molecule has 0 bridgehead atoms. The highest BCUT2D eigenvalue weighted by Gasteiger charge is 2.06. The van der Waals surface area contributed by atoms with Crippen molar-refractivity contribution >= 4 is 17.2 Å². The van der Waals surface area contributed by atoms with E-state index in [2.05, 4.69) is 36.2 Å². The second-order valence-corrected chi connectivity index (χ2v) is 5.37. The zero-order valence-corrected chi connectivity index (χ0v) is 13.0. The van der Waals surface area contributed by atoms with E-state index >= 15 is 0 Å². The van der Waals surface area contributed by atoms with Crippen molar-refractivity contribution in [1.82, 2.24) is 4.90 Å². The van der Waals surface area contributed by atoms with Gasteiger partial charge < -0.3 is 10.5 Å². The lowest BCUT2D eigenvalue weighted by atomic mass is 10.2. The smallest absolute Gasteiger partial charge is 0.129 e. The summed E-state index contributed by atoms with van der Waals surface area (Å²) >= 11 is 5.03. The molecule has 0 aliphatic carbocycles. The standard InChI is InChI=1S/C17H20N2OS/c1-19(13-14-7-3-2-4-8-14)11-12-20-16-10-6-5-9-15(16)17(18)21/h2-10H,11-13H2,1H3,(H2,18,21). The van der Waals surface area contributed by atoms with Gasteiger partial charge in [0, 0.05) is 13.1 Å². The van der Waals surface area contributed by atoms with E-state index in [1.54, 1.807) is 0 Å². The van der Waals surface area contributed by atoms with Crippen molar-refractivity contribution < 1.29 is 4.74 Å². The van der Waals surface area contributed by atoms with E-state index in [4.69, 9.17) is 22.7 Å². The Morgan fingerprint density at radius 2 is 1.76 bits per heavy atom. The van der Waals surface area contributed by atoms with E-state index in [1.807, 2.05) is 30.3 Å². The molecule has 0 heterocycles. The van der Waals surface area contributed by atoms with E-state index in [-0.39, 0.29) is 0 Å². The Kier molecular flexibility index (Phi) is 5.72. The summed E-state index contributed by atoms with van der Waals surface area (Å²) in [6.07, 6.45) is 0. The van der Waals surface area contributed by atoms with Crippen molar-refractivity contribution in [1.29, 1.82) is 0 Å². The lowest BCUT2D eigenvalue weighted by molar-refractivity contribution is 0.232. The highest BCUT2D eigenvalue weighted by molar-refractivity contribution is 7.80. The molecule has 0 spiro atoms. The summed E-state index contributed by atoms with van der Waals surface area (Å²) in [5.41, 5.74) is 7.77. The third-order valence-electron chi connectivity index (χ3n) is 3.18. The summed E-state index contributed by atoms with van der Waals surface area (Å²) in [6.45, 7) is 2.34. The maximum Gasteiger partial charge on any atom is 0.129 e. The first kappa shape index (κ1) is 15.5. The van der Waals surface area contributed by atoms with Gasteiger partial charge in [0.05, 0.1) is 5.56 Å². The zero-order valence-electron chi connectivity index (χ0n) is 12.2. The van der Waals surface area contributed by atoms with Crippen LogP contribution in [0.25, 0.3) is 0 Å². The van der Waals surface area contributed by atoms with Crippen LogP contribution in [0.1, 0.15) is 11.1 Å². The van der Waals surface area contributed by atoms with Crippen LogP contribution in [0.15, 0.2) is 54.6 Å². The van der Waals surface area contributed by atoms with Gasteiger partial charge in [0.25, 0.3) is 0 Å². The van der Waals surface area contributed by atoms with Crippen molar-refractivity contribution in [2.24, 2.45) is 5.73 Å². The first-order valence-electron chi connectivity index (χ1n) is 6.91. The fourth-order valence-electron chi connectivity index (χ4n) is 2.08. The number of hydrogen-bond donors (Lipinski definition) is 1. The minimum absolute atomic E-state index is 0.364. The van der Waals surface area contributed by atoms with E-state index in [9.17, 15) is 0 Å². The molecular weight excluding hydrogens is 280 g/mol. The van der Waals surface area contributed by atoms with Gasteiger partial charge in [0.1, 0.15) is 17.3 Å². The Hall–Kier alpha value is -1.91. The van der Waals surface area contributed by atoms with Crippen LogP contribution in [0.2, 0.25) is 0 Å². The van der Waals surface area contributed by atoms with Crippen molar-refractivity contribution in [2.45, 2.75) is 6.54 Å².